The Bertz CT molecular complexity index is 1000. The highest BCUT2D eigenvalue weighted by molar-refractivity contribution is 5.85. The molecule has 0 bridgehead atoms. The summed E-state index contributed by atoms with van der Waals surface area (Å²) >= 11 is 0. The molecule has 4 rings (SSSR count). The van der Waals surface area contributed by atoms with Gasteiger partial charge < -0.3 is 20.5 Å². The number of carbonyl (C=O) groups excluding carboxylic acids is 2. The SMILES string of the molecule is CCCC(CNC(=O)OCC1c2ccccc2-c2ccccc21)C(=O)N[C@@H](CC1CC1)C(=O)O. The first-order chi connectivity index (χ1) is 16.5. The van der Waals surface area contributed by atoms with Crippen LogP contribution in [0.3, 0.4) is 0 Å². The van der Waals surface area contributed by atoms with E-state index >= 15 is 0 Å². The Morgan fingerprint density at radius 2 is 1.65 bits per heavy atom. The van der Waals surface area contributed by atoms with Gasteiger partial charge in [0, 0.05) is 12.5 Å². The molecular formula is C27H32N2O5. The summed E-state index contributed by atoms with van der Waals surface area (Å²) in [5, 5.41) is 14.8. The number of benzene rings is 2. The number of aliphatic carboxylic acids is 1. The molecule has 1 saturated carbocycles. The molecule has 2 aromatic carbocycles. The van der Waals surface area contributed by atoms with Crippen LogP contribution in [0.2, 0.25) is 0 Å². The molecule has 7 heteroatoms. The van der Waals surface area contributed by atoms with Crippen LogP contribution in [0.4, 0.5) is 4.79 Å². The Kier molecular flexibility index (Phi) is 7.50. The molecule has 0 aromatic heterocycles. The van der Waals surface area contributed by atoms with Crippen molar-refractivity contribution in [3.05, 3.63) is 59.7 Å². The van der Waals surface area contributed by atoms with Gasteiger partial charge in [0.25, 0.3) is 0 Å². The number of ether oxygens (including phenoxy) is 1. The van der Waals surface area contributed by atoms with E-state index in [1.54, 1.807) is 0 Å². The summed E-state index contributed by atoms with van der Waals surface area (Å²) in [5.41, 5.74) is 4.59. The molecule has 2 aliphatic carbocycles. The van der Waals surface area contributed by atoms with Gasteiger partial charge in [0.05, 0.1) is 5.92 Å². The van der Waals surface area contributed by atoms with Crippen LogP contribution < -0.4 is 10.6 Å². The molecule has 2 amide bonds. The molecule has 180 valence electrons. The molecule has 0 aliphatic heterocycles. The number of carboxylic acid groups (broad SMARTS) is 1. The van der Waals surface area contributed by atoms with Crippen molar-refractivity contribution in [2.24, 2.45) is 11.8 Å². The molecule has 2 aromatic rings. The van der Waals surface area contributed by atoms with Crippen LogP contribution in [0.15, 0.2) is 48.5 Å². The van der Waals surface area contributed by atoms with Gasteiger partial charge in [0.2, 0.25) is 5.91 Å². The van der Waals surface area contributed by atoms with Gasteiger partial charge in [-0.15, -0.1) is 0 Å². The maximum atomic E-state index is 12.7. The van der Waals surface area contributed by atoms with Gasteiger partial charge >= 0.3 is 12.1 Å². The van der Waals surface area contributed by atoms with Crippen LogP contribution in [0.1, 0.15) is 56.1 Å². The summed E-state index contributed by atoms with van der Waals surface area (Å²) in [4.78, 5) is 36.7. The quantitative estimate of drug-likeness (QED) is 0.460. The molecule has 3 N–H and O–H groups in total. The lowest BCUT2D eigenvalue weighted by Crippen LogP contribution is -2.46. The lowest BCUT2D eigenvalue weighted by atomic mass is 9.98. The predicted octanol–water partition coefficient (Wildman–Crippen LogP) is 4.31. The average molecular weight is 465 g/mol. The Labute approximate surface area is 199 Å². The van der Waals surface area contributed by atoms with E-state index in [2.05, 4.69) is 34.9 Å². The molecule has 1 fully saturated rings. The number of hydrogen-bond acceptors (Lipinski definition) is 4. The Morgan fingerprint density at radius 3 is 2.21 bits per heavy atom. The van der Waals surface area contributed by atoms with E-state index < -0.39 is 24.0 Å². The van der Waals surface area contributed by atoms with Gasteiger partial charge in [-0.2, -0.15) is 0 Å². The minimum atomic E-state index is -1.01. The molecule has 0 saturated heterocycles. The first-order valence-corrected chi connectivity index (χ1v) is 12.1. The second-order valence-electron chi connectivity index (χ2n) is 9.27. The number of alkyl carbamates (subject to hydrolysis) is 1. The van der Waals surface area contributed by atoms with Crippen molar-refractivity contribution in [2.45, 2.75) is 51.0 Å². The van der Waals surface area contributed by atoms with E-state index in [9.17, 15) is 19.5 Å². The van der Waals surface area contributed by atoms with E-state index in [0.29, 0.717) is 18.8 Å². The Balaban J connectivity index is 1.31. The third-order valence-corrected chi connectivity index (χ3v) is 6.72. The van der Waals surface area contributed by atoms with E-state index in [4.69, 9.17) is 4.74 Å². The van der Waals surface area contributed by atoms with E-state index in [1.165, 1.54) is 0 Å². The average Bonchev–Trinajstić information content (AvgIpc) is 3.60. The molecule has 2 atom stereocenters. The molecule has 0 radical (unpaired) electrons. The second-order valence-corrected chi connectivity index (χ2v) is 9.27. The number of carbonyl (C=O) groups is 3. The molecule has 7 nitrogen and oxygen atoms in total. The minimum Gasteiger partial charge on any atom is -0.480 e. The van der Waals surface area contributed by atoms with E-state index in [1.807, 2.05) is 31.2 Å². The van der Waals surface area contributed by atoms with E-state index in [0.717, 1.165) is 41.5 Å². The van der Waals surface area contributed by atoms with Crippen molar-refractivity contribution in [1.82, 2.24) is 10.6 Å². The fourth-order valence-electron chi connectivity index (χ4n) is 4.73. The highest BCUT2D eigenvalue weighted by Crippen LogP contribution is 2.44. The third-order valence-electron chi connectivity index (χ3n) is 6.72. The van der Waals surface area contributed by atoms with Crippen LogP contribution in [0.25, 0.3) is 11.1 Å². The summed E-state index contributed by atoms with van der Waals surface area (Å²) in [5.74, 6) is -1.52. The second kappa shape index (κ2) is 10.7. The van der Waals surface area contributed by atoms with Crippen LogP contribution in [0, 0.1) is 11.8 Å². The summed E-state index contributed by atoms with van der Waals surface area (Å²) in [6.45, 7) is 2.26. The number of nitrogens with one attached hydrogen (secondary N) is 2. The highest BCUT2D eigenvalue weighted by atomic mass is 16.5. The zero-order valence-electron chi connectivity index (χ0n) is 19.5. The standard InChI is InChI=1S/C27H32N2O5/c1-2-7-18(25(30)29-24(26(31)32)14-17-12-13-17)15-28-27(33)34-16-23-21-10-5-3-8-19(21)20-9-4-6-11-22(20)23/h3-6,8-11,17-18,23-24H,2,7,12-16H2,1H3,(H,28,33)(H,29,30)(H,31,32)/t18?,24-/m0/s1. The van der Waals surface area contributed by atoms with Gasteiger partial charge in [0.1, 0.15) is 12.6 Å². The lowest BCUT2D eigenvalue weighted by Gasteiger charge is -2.21. The van der Waals surface area contributed by atoms with Crippen molar-refractivity contribution < 1.29 is 24.2 Å². The van der Waals surface area contributed by atoms with Gasteiger partial charge in [-0.3, -0.25) is 4.79 Å². The summed E-state index contributed by atoms with van der Waals surface area (Å²) in [6, 6.07) is 15.4. The third kappa shape index (κ3) is 5.58. The fraction of sp³-hybridized carbons (Fsp3) is 0.444. The summed E-state index contributed by atoms with van der Waals surface area (Å²) in [7, 11) is 0. The van der Waals surface area contributed by atoms with Crippen LogP contribution in [0.5, 0.6) is 0 Å². The van der Waals surface area contributed by atoms with Crippen molar-refractivity contribution in [3.8, 4) is 11.1 Å². The van der Waals surface area contributed by atoms with Crippen molar-refractivity contribution in [2.75, 3.05) is 13.2 Å². The first kappa shape index (κ1) is 23.8. The lowest BCUT2D eigenvalue weighted by molar-refractivity contribution is -0.142. The maximum Gasteiger partial charge on any atom is 0.407 e. The van der Waals surface area contributed by atoms with Gasteiger partial charge in [-0.1, -0.05) is 74.7 Å². The smallest absolute Gasteiger partial charge is 0.407 e. The van der Waals surface area contributed by atoms with Crippen molar-refractivity contribution >= 4 is 18.0 Å². The van der Waals surface area contributed by atoms with E-state index in [-0.39, 0.29) is 25.0 Å². The number of rotatable bonds is 11. The van der Waals surface area contributed by atoms with Crippen molar-refractivity contribution in [3.63, 3.8) is 0 Å². The van der Waals surface area contributed by atoms with Crippen LogP contribution in [-0.2, 0) is 14.3 Å². The van der Waals surface area contributed by atoms with Crippen LogP contribution >= 0.6 is 0 Å². The normalized spacial score (nSPS) is 16.1. The Morgan fingerprint density at radius 1 is 1.03 bits per heavy atom. The summed E-state index contributed by atoms with van der Waals surface area (Å²) in [6.07, 6.45) is 3.20. The Hall–Kier alpha value is -3.35. The molecule has 0 spiro atoms. The minimum absolute atomic E-state index is 0.0355. The van der Waals surface area contributed by atoms with Crippen molar-refractivity contribution in [1.29, 1.82) is 0 Å². The van der Waals surface area contributed by atoms with Crippen LogP contribution in [-0.4, -0.2) is 42.3 Å². The maximum absolute atomic E-state index is 12.7. The monoisotopic (exact) mass is 464 g/mol. The predicted molar refractivity (Wildman–Crippen MR) is 128 cm³/mol. The largest absolute Gasteiger partial charge is 0.480 e. The molecule has 2 aliphatic rings. The van der Waals surface area contributed by atoms with Gasteiger partial charge in [0.15, 0.2) is 0 Å². The molecule has 34 heavy (non-hydrogen) atoms. The fourth-order valence-corrected chi connectivity index (χ4v) is 4.73. The number of fused-ring (bicyclic) bond motifs is 3. The summed E-state index contributed by atoms with van der Waals surface area (Å²) < 4.78 is 5.55. The molecule has 0 heterocycles. The zero-order chi connectivity index (χ0) is 24.1. The molecule has 1 unspecified atom stereocenters. The number of hydrogen-bond donors (Lipinski definition) is 3. The first-order valence-electron chi connectivity index (χ1n) is 12.1. The number of carboxylic acids is 1. The topological polar surface area (TPSA) is 105 Å². The highest BCUT2D eigenvalue weighted by Gasteiger charge is 2.32. The van der Waals surface area contributed by atoms with Gasteiger partial charge in [-0.25, -0.2) is 9.59 Å². The molecular weight excluding hydrogens is 432 g/mol. The zero-order valence-corrected chi connectivity index (χ0v) is 19.5. The number of amides is 2. The van der Waals surface area contributed by atoms with Gasteiger partial charge in [-0.05, 0) is 41.0 Å².